The molecule has 1 aromatic rings. The number of carboxylic acid groups (broad SMARTS) is 1. The van der Waals surface area contributed by atoms with Crippen LogP contribution in [0.15, 0.2) is 29.8 Å². The van der Waals surface area contributed by atoms with Gasteiger partial charge in [0, 0.05) is 41.0 Å². The molecule has 0 aromatic heterocycles. The lowest BCUT2D eigenvalue weighted by molar-refractivity contribution is -0.137. The van der Waals surface area contributed by atoms with Crippen LogP contribution in [0.2, 0.25) is 10.0 Å². The fraction of sp³-hybridized carbons (Fsp3) is 0.444. The second-order valence-corrected chi connectivity index (χ2v) is 9.99. The molecular weight excluding hydrogens is 427 g/mol. The zero-order valence-electron chi connectivity index (χ0n) is 14.5. The first-order chi connectivity index (χ1) is 12.9. The van der Waals surface area contributed by atoms with Crippen molar-refractivity contribution < 1.29 is 14.7 Å². The van der Waals surface area contributed by atoms with Crippen LogP contribution in [0, 0.1) is 0 Å². The molecule has 2 N–H and O–H groups in total. The van der Waals surface area contributed by atoms with E-state index < -0.39 is 10.2 Å². The van der Waals surface area contributed by atoms with Crippen molar-refractivity contribution in [2.45, 2.75) is 35.9 Å². The number of carbonyl (C=O) groups is 2. The van der Waals surface area contributed by atoms with E-state index in [1.807, 2.05) is 17.0 Å². The summed E-state index contributed by atoms with van der Waals surface area (Å²) in [4.78, 5) is 25.7. The summed E-state index contributed by atoms with van der Waals surface area (Å²) in [5, 5.41) is 15.3. The maximum absolute atomic E-state index is 12.3. The molecule has 5 nitrogen and oxygen atoms in total. The average molecular weight is 447 g/mol. The van der Waals surface area contributed by atoms with Crippen LogP contribution in [-0.2, 0) is 16.0 Å². The van der Waals surface area contributed by atoms with Crippen molar-refractivity contribution in [2.75, 3.05) is 12.3 Å². The lowest BCUT2D eigenvalue weighted by atomic mass is 10.0. The van der Waals surface area contributed by atoms with E-state index in [9.17, 15) is 14.7 Å². The van der Waals surface area contributed by atoms with Crippen LogP contribution in [0.3, 0.4) is 0 Å². The lowest BCUT2D eigenvalue weighted by Gasteiger charge is -2.28. The minimum absolute atomic E-state index is 0.138. The number of carbonyl (C=O) groups excluding carboxylic acids is 1. The molecule has 0 saturated carbocycles. The van der Waals surface area contributed by atoms with E-state index >= 15 is 0 Å². The third-order valence-corrected chi connectivity index (χ3v) is 7.70. The number of halogens is 2. The molecule has 146 valence electrons. The van der Waals surface area contributed by atoms with Crippen LogP contribution < -0.4 is 5.32 Å². The third kappa shape index (κ3) is 5.08. The highest BCUT2D eigenvalue weighted by Crippen LogP contribution is 2.39. The van der Waals surface area contributed by atoms with Gasteiger partial charge in [-0.3, -0.25) is 4.79 Å². The van der Waals surface area contributed by atoms with Gasteiger partial charge in [0.15, 0.2) is 0 Å². The Bertz CT molecular complexity index is 732. The second-order valence-electron chi connectivity index (χ2n) is 6.43. The molecule has 2 atom stereocenters. The summed E-state index contributed by atoms with van der Waals surface area (Å²) in [6, 6.07) is 5.67. The van der Waals surface area contributed by atoms with E-state index in [1.54, 1.807) is 17.7 Å². The maximum Gasteiger partial charge on any atom is 0.351 e. The summed E-state index contributed by atoms with van der Waals surface area (Å²) in [6.45, 7) is 0.543. The van der Waals surface area contributed by atoms with Gasteiger partial charge >= 0.3 is 5.97 Å². The first-order valence-corrected chi connectivity index (χ1v) is 11.2. The zero-order valence-corrected chi connectivity index (χ0v) is 17.6. The summed E-state index contributed by atoms with van der Waals surface area (Å²) >= 11 is 14.7. The number of thioether (sulfide) groups is 2. The number of rotatable bonds is 8. The Morgan fingerprint density at radius 2 is 2.11 bits per heavy atom. The molecule has 2 heterocycles. The molecule has 1 saturated heterocycles. The van der Waals surface area contributed by atoms with Crippen LogP contribution in [-0.4, -0.2) is 44.4 Å². The molecule has 1 amide bonds. The van der Waals surface area contributed by atoms with Gasteiger partial charge in [-0.25, -0.2) is 4.79 Å². The Kier molecular flexibility index (Phi) is 6.89. The van der Waals surface area contributed by atoms with Crippen molar-refractivity contribution in [3.05, 3.63) is 45.4 Å². The number of amides is 1. The van der Waals surface area contributed by atoms with Gasteiger partial charge in [-0.05, 0) is 48.4 Å². The van der Waals surface area contributed by atoms with E-state index in [2.05, 4.69) is 5.32 Å². The fourth-order valence-electron chi connectivity index (χ4n) is 3.33. The smallest absolute Gasteiger partial charge is 0.351 e. The first-order valence-electron chi connectivity index (χ1n) is 8.62. The Morgan fingerprint density at radius 3 is 2.74 bits per heavy atom. The highest BCUT2D eigenvalue weighted by Gasteiger charge is 2.41. The molecule has 1 aromatic carbocycles. The lowest BCUT2D eigenvalue weighted by Crippen LogP contribution is -2.42. The number of aryl methyl sites for hydroxylation is 1. The predicted octanol–water partition coefficient (Wildman–Crippen LogP) is 4.20. The number of benzene rings is 1. The predicted molar refractivity (Wildman–Crippen MR) is 112 cm³/mol. The number of hydrogen-bond acceptors (Lipinski definition) is 5. The zero-order chi connectivity index (χ0) is 19.4. The van der Waals surface area contributed by atoms with Gasteiger partial charge in [0.2, 0.25) is 10.1 Å². The Balaban J connectivity index is 1.54. The van der Waals surface area contributed by atoms with Crippen LogP contribution in [0.25, 0.3) is 0 Å². The number of nitrogens with zero attached hydrogens (tertiary/aromatic N) is 1. The van der Waals surface area contributed by atoms with Crippen molar-refractivity contribution in [2.24, 2.45) is 0 Å². The van der Waals surface area contributed by atoms with Crippen molar-refractivity contribution in [3.8, 4) is 0 Å². The summed E-state index contributed by atoms with van der Waals surface area (Å²) in [5.74, 6) is -0.219. The molecule has 1 unspecified atom stereocenters. The topological polar surface area (TPSA) is 69.6 Å². The summed E-state index contributed by atoms with van der Waals surface area (Å²) in [7, 11) is 0. The van der Waals surface area contributed by atoms with Crippen molar-refractivity contribution in [1.82, 2.24) is 10.2 Å². The quantitative estimate of drug-likeness (QED) is 0.623. The van der Waals surface area contributed by atoms with E-state index in [0.29, 0.717) is 28.8 Å². The minimum atomic E-state index is -1.09. The average Bonchev–Trinajstić information content (AvgIpc) is 3.21. The highest BCUT2D eigenvalue weighted by molar-refractivity contribution is 8.20. The number of hydrogen-bond donors (Lipinski definition) is 2. The molecule has 2 aliphatic rings. The van der Waals surface area contributed by atoms with Gasteiger partial charge in [-0.2, -0.15) is 0 Å². The van der Waals surface area contributed by atoms with Crippen LogP contribution in [0.4, 0.5) is 0 Å². The first kappa shape index (κ1) is 20.7. The third-order valence-electron chi connectivity index (χ3n) is 4.64. The van der Waals surface area contributed by atoms with E-state index in [-0.39, 0.29) is 11.9 Å². The van der Waals surface area contributed by atoms with Gasteiger partial charge in [-0.15, -0.1) is 11.8 Å². The molecule has 1 fully saturated rings. The van der Waals surface area contributed by atoms with Crippen LogP contribution in [0.5, 0.6) is 0 Å². The summed E-state index contributed by atoms with van der Waals surface area (Å²) in [6.07, 6.45) is 4.65. The Labute approximate surface area is 176 Å². The van der Waals surface area contributed by atoms with Crippen molar-refractivity contribution in [3.63, 3.8) is 0 Å². The SMILES string of the molecule is O=C1CC[C@H](CCc2cc(Cl)cc(Cl)c2)N1CCSC1(C(=O)O)NC=CS1. The highest BCUT2D eigenvalue weighted by atomic mass is 35.5. The number of carboxylic acids is 1. The number of nitrogens with one attached hydrogen (secondary N) is 1. The van der Waals surface area contributed by atoms with E-state index in [1.165, 1.54) is 23.5 Å². The van der Waals surface area contributed by atoms with Gasteiger partial charge in [0.25, 0.3) is 0 Å². The van der Waals surface area contributed by atoms with Gasteiger partial charge in [-0.1, -0.05) is 35.0 Å². The fourth-order valence-corrected chi connectivity index (χ4v) is 6.01. The molecule has 9 heteroatoms. The molecule has 3 rings (SSSR count). The molecule has 0 spiro atoms. The molecule has 0 aliphatic carbocycles. The standard InChI is InChI=1S/C18H20Cl2N2O3S2/c19-13-9-12(10-14(20)11-13)1-2-15-3-4-16(23)22(15)6-8-27-18(17(24)25)21-5-7-26-18/h5,7,9-11,15,21H,1-4,6,8H2,(H,24,25)/t15-,18?/m0/s1. The largest absolute Gasteiger partial charge is 0.478 e. The van der Waals surface area contributed by atoms with E-state index in [4.69, 9.17) is 23.2 Å². The van der Waals surface area contributed by atoms with Crippen molar-refractivity contribution in [1.29, 1.82) is 0 Å². The summed E-state index contributed by atoms with van der Waals surface area (Å²) < 4.78 is -1.09. The molecular formula is C18H20Cl2N2O3S2. The van der Waals surface area contributed by atoms with E-state index in [0.717, 1.165) is 24.8 Å². The molecule has 0 radical (unpaired) electrons. The monoisotopic (exact) mass is 446 g/mol. The maximum atomic E-state index is 12.3. The minimum Gasteiger partial charge on any atom is -0.478 e. The number of likely N-dealkylation sites (tertiary alicyclic amines) is 1. The normalized spacial score (nSPS) is 24.4. The summed E-state index contributed by atoms with van der Waals surface area (Å²) in [5.41, 5.74) is 1.06. The second kappa shape index (κ2) is 8.99. The van der Waals surface area contributed by atoms with Crippen LogP contribution >= 0.6 is 46.7 Å². The Morgan fingerprint density at radius 1 is 1.37 bits per heavy atom. The van der Waals surface area contributed by atoms with Gasteiger partial charge in [0.1, 0.15) is 0 Å². The molecule has 2 aliphatic heterocycles. The van der Waals surface area contributed by atoms with Gasteiger partial charge < -0.3 is 15.3 Å². The van der Waals surface area contributed by atoms with Crippen LogP contribution in [0.1, 0.15) is 24.8 Å². The number of aliphatic carboxylic acids is 1. The van der Waals surface area contributed by atoms with Crippen molar-refractivity contribution >= 4 is 58.6 Å². The van der Waals surface area contributed by atoms with Gasteiger partial charge in [0.05, 0.1) is 0 Å². The molecule has 0 bridgehead atoms. The molecule has 27 heavy (non-hydrogen) atoms. The Hall–Kier alpha value is -1.02.